The summed E-state index contributed by atoms with van der Waals surface area (Å²) < 4.78 is 5.52. The Balaban J connectivity index is 1.78. The van der Waals surface area contributed by atoms with Crippen molar-refractivity contribution in [2.45, 2.75) is 39.0 Å². The van der Waals surface area contributed by atoms with Crippen LogP contribution < -0.4 is 4.90 Å². The molecule has 26 heavy (non-hydrogen) atoms. The molecule has 0 amide bonds. The molecule has 0 aromatic carbocycles. The third-order valence-corrected chi connectivity index (χ3v) is 4.87. The summed E-state index contributed by atoms with van der Waals surface area (Å²) in [6.07, 6.45) is 14.9. The molecule has 3 aromatic heterocycles. The number of anilines is 1. The second-order valence-corrected chi connectivity index (χ2v) is 6.67. The number of nitrogens with zero attached hydrogens (tertiary/aromatic N) is 5. The van der Waals surface area contributed by atoms with Crippen molar-refractivity contribution in [2.24, 2.45) is 0 Å². The molecule has 0 bridgehead atoms. The van der Waals surface area contributed by atoms with Crippen LogP contribution in [-0.4, -0.2) is 33.0 Å². The van der Waals surface area contributed by atoms with E-state index in [1.165, 1.54) is 32.1 Å². The highest BCUT2D eigenvalue weighted by molar-refractivity contribution is 5.79. The van der Waals surface area contributed by atoms with Crippen molar-refractivity contribution in [3.8, 4) is 22.5 Å². The van der Waals surface area contributed by atoms with Crippen molar-refractivity contribution in [1.82, 2.24) is 19.9 Å². The number of aryl methyl sites for hydroxylation is 1. The molecule has 0 saturated carbocycles. The van der Waals surface area contributed by atoms with Crippen LogP contribution >= 0.6 is 0 Å². The van der Waals surface area contributed by atoms with Gasteiger partial charge in [0.15, 0.2) is 0 Å². The minimum atomic E-state index is 0.766. The Morgan fingerprint density at radius 1 is 0.923 bits per heavy atom. The summed E-state index contributed by atoms with van der Waals surface area (Å²) in [4.78, 5) is 20.5. The molecular weight excluding hydrogens is 326 g/mol. The quantitative estimate of drug-likeness (QED) is 0.703. The molecule has 0 unspecified atom stereocenters. The minimum absolute atomic E-state index is 0.766. The van der Waals surface area contributed by atoms with Crippen LogP contribution in [0.4, 0.5) is 5.95 Å². The zero-order valence-electron chi connectivity index (χ0n) is 15.1. The fourth-order valence-corrected chi connectivity index (χ4v) is 3.43. The Hall–Kier alpha value is -2.76. The van der Waals surface area contributed by atoms with Gasteiger partial charge in [-0.15, -0.1) is 0 Å². The van der Waals surface area contributed by atoms with E-state index in [-0.39, 0.29) is 0 Å². The van der Waals surface area contributed by atoms with Gasteiger partial charge in [0.2, 0.25) is 5.95 Å². The first kappa shape index (κ1) is 16.7. The van der Waals surface area contributed by atoms with E-state index in [9.17, 15) is 0 Å². The summed E-state index contributed by atoms with van der Waals surface area (Å²) in [5.74, 6) is 1.63. The monoisotopic (exact) mass is 349 g/mol. The molecule has 6 heteroatoms. The largest absolute Gasteiger partial charge is 0.469 e. The van der Waals surface area contributed by atoms with E-state index < -0.39 is 0 Å². The first-order valence-electron chi connectivity index (χ1n) is 9.26. The molecule has 0 atom stereocenters. The third kappa shape index (κ3) is 3.45. The van der Waals surface area contributed by atoms with Crippen molar-refractivity contribution in [3.63, 3.8) is 0 Å². The maximum Gasteiger partial charge on any atom is 0.225 e. The van der Waals surface area contributed by atoms with Crippen molar-refractivity contribution in [1.29, 1.82) is 0 Å². The van der Waals surface area contributed by atoms with Gasteiger partial charge in [0, 0.05) is 42.8 Å². The lowest BCUT2D eigenvalue weighted by Crippen LogP contribution is -2.28. The van der Waals surface area contributed by atoms with Gasteiger partial charge in [-0.3, -0.25) is 9.97 Å². The summed E-state index contributed by atoms with van der Waals surface area (Å²) in [5, 5.41) is 0. The molecule has 1 fully saturated rings. The molecule has 4 heterocycles. The van der Waals surface area contributed by atoms with Gasteiger partial charge in [0.25, 0.3) is 0 Å². The summed E-state index contributed by atoms with van der Waals surface area (Å²) >= 11 is 0. The van der Waals surface area contributed by atoms with E-state index in [1.807, 2.05) is 19.2 Å². The number of hydrogen-bond donors (Lipinski definition) is 0. The fourth-order valence-electron chi connectivity index (χ4n) is 3.43. The summed E-state index contributed by atoms with van der Waals surface area (Å²) in [5.41, 5.74) is 3.46. The van der Waals surface area contributed by atoms with Crippen LogP contribution in [0.25, 0.3) is 22.5 Å². The molecule has 0 aliphatic carbocycles. The van der Waals surface area contributed by atoms with Gasteiger partial charge < -0.3 is 9.32 Å². The molecule has 1 saturated heterocycles. The van der Waals surface area contributed by atoms with E-state index >= 15 is 0 Å². The molecular formula is C20H23N5O. The van der Waals surface area contributed by atoms with Crippen molar-refractivity contribution in [3.05, 3.63) is 42.9 Å². The van der Waals surface area contributed by atoms with Crippen molar-refractivity contribution < 1.29 is 4.42 Å². The molecule has 1 aliphatic rings. The van der Waals surface area contributed by atoms with E-state index in [0.29, 0.717) is 0 Å². The van der Waals surface area contributed by atoms with Gasteiger partial charge in [-0.1, -0.05) is 19.3 Å². The molecule has 1 aliphatic heterocycles. The summed E-state index contributed by atoms with van der Waals surface area (Å²) in [6, 6.07) is 1.95. The lowest BCUT2D eigenvalue weighted by molar-refractivity contribution is 0.535. The highest BCUT2D eigenvalue weighted by Gasteiger charge is 2.19. The van der Waals surface area contributed by atoms with Crippen molar-refractivity contribution >= 4 is 5.95 Å². The Kier molecular flexibility index (Phi) is 4.91. The predicted molar refractivity (Wildman–Crippen MR) is 101 cm³/mol. The molecule has 134 valence electrons. The van der Waals surface area contributed by atoms with Crippen LogP contribution in [0, 0.1) is 6.92 Å². The highest BCUT2D eigenvalue weighted by atomic mass is 16.3. The summed E-state index contributed by atoms with van der Waals surface area (Å²) in [6.45, 7) is 3.97. The highest BCUT2D eigenvalue weighted by Crippen LogP contribution is 2.32. The van der Waals surface area contributed by atoms with Crippen LogP contribution in [0.3, 0.4) is 0 Å². The molecule has 0 N–H and O–H groups in total. The SMILES string of the molecule is Cc1occc1-c1nc(N2CCCCCCC2)ncc1-c1cnccn1. The second-order valence-electron chi connectivity index (χ2n) is 6.67. The average molecular weight is 349 g/mol. The second kappa shape index (κ2) is 7.64. The molecule has 6 nitrogen and oxygen atoms in total. The maximum atomic E-state index is 5.52. The topological polar surface area (TPSA) is 67.9 Å². The van der Waals surface area contributed by atoms with Gasteiger partial charge in [-0.2, -0.15) is 0 Å². The minimum Gasteiger partial charge on any atom is -0.469 e. The average Bonchev–Trinajstić information content (AvgIpc) is 3.08. The van der Waals surface area contributed by atoms with Crippen LogP contribution in [0.5, 0.6) is 0 Å². The van der Waals surface area contributed by atoms with Crippen LogP contribution in [0.15, 0.2) is 41.5 Å². The normalized spacial score (nSPS) is 15.5. The van der Waals surface area contributed by atoms with E-state index in [1.54, 1.807) is 24.9 Å². The van der Waals surface area contributed by atoms with Gasteiger partial charge in [0.05, 0.1) is 23.8 Å². The standard InChI is InChI=1S/C20H23N5O/c1-15-16(7-12-26-15)19-17(18-14-21-8-9-22-18)13-23-20(24-19)25-10-5-3-2-4-6-11-25/h7-9,12-14H,2-6,10-11H2,1H3. The number of hydrogen-bond acceptors (Lipinski definition) is 6. The number of rotatable bonds is 3. The third-order valence-electron chi connectivity index (χ3n) is 4.87. The Morgan fingerprint density at radius 2 is 1.73 bits per heavy atom. The number of aromatic nitrogens is 4. The fraction of sp³-hybridized carbons (Fsp3) is 0.400. The zero-order chi connectivity index (χ0) is 17.8. The summed E-state index contributed by atoms with van der Waals surface area (Å²) in [7, 11) is 0. The molecule has 0 radical (unpaired) electrons. The van der Waals surface area contributed by atoms with Gasteiger partial charge in [-0.25, -0.2) is 9.97 Å². The molecule has 4 rings (SSSR count). The predicted octanol–water partition coefficient (Wildman–Crippen LogP) is 4.27. The van der Waals surface area contributed by atoms with Crippen molar-refractivity contribution in [2.75, 3.05) is 18.0 Å². The van der Waals surface area contributed by atoms with Gasteiger partial charge in [0.1, 0.15) is 5.76 Å². The smallest absolute Gasteiger partial charge is 0.225 e. The Morgan fingerprint density at radius 3 is 2.42 bits per heavy atom. The van der Waals surface area contributed by atoms with E-state index in [2.05, 4.69) is 19.9 Å². The lowest BCUT2D eigenvalue weighted by Gasteiger charge is -2.25. The Bertz CT molecular complexity index is 854. The first-order valence-corrected chi connectivity index (χ1v) is 9.26. The van der Waals surface area contributed by atoms with Crippen LogP contribution in [0.2, 0.25) is 0 Å². The Labute approximate surface area is 153 Å². The van der Waals surface area contributed by atoms with Crippen LogP contribution in [0.1, 0.15) is 37.9 Å². The van der Waals surface area contributed by atoms with Gasteiger partial charge in [-0.05, 0) is 25.8 Å². The number of furan rings is 1. The zero-order valence-corrected chi connectivity index (χ0v) is 15.1. The van der Waals surface area contributed by atoms with Crippen LogP contribution in [-0.2, 0) is 0 Å². The molecule has 3 aromatic rings. The van der Waals surface area contributed by atoms with E-state index in [0.717, 1.165) is 47.3 Å². The first-order chi connectivity index (χ1) is 12.8. The lowest BCUT2D eigenvalue weighted by atomic mass is 10.1. The van der Waals surface area contributed by atoms with Gasteiger partial charge >= 0.3 is 0 Å². The molecule has 0 spiro atoms. The van der Waals surface area contributed by atoms with E-state index in [4.69, 9.17) is 9.40 Å². The maximum absolute atomic E-state index is 5.52.